The molecule has 1 aliphatic heterocycles. The Bertz CT molecular complexity index is 1910. The lowest BCUT2D eigenvalue weighted by Gasteiger charge is -2.46. The van der Waals surface area contributed by atoms with E-state index in [0.717, 1.165) is 12.1 Å². The molecular formula is C37H25BF3NO6. The van der Waals surface area contributed by atoms with Crippen LogP contribution in [0.15, 0.2) is 140 Å². The van der Waals surface area contributed by atoms with Crippen LogP contribution in [0.4, 0.5) is 13.2 Å². The molecule has 1 aliphatic rings. The van der Waals surface area contributed by atoms with Crippen molar-refractivity contribution in [1.82, 2.24) is 4.73 Å². The summed E-state index contributed by atoms with van der Waals surface area (Å²) in [6.45, 7) is 0. The van der Waals surface area contributed by atoms with Crippen LogP contribution in [0.5, 0.6) is 11.8 Å². The van der Waals surface area contributed by atoms with E-state index in [0.29, 0.717) is 28.3 Å². The van der Waals surface area contributed by atoms with Gasteiger partial charge >= 0.3 is 13.1 Å². The van der Waals surface area contributed by atoms with Gasteiger partial charge in [-0.3, -0.25) is 0 Å². The molecule has 11 heteroatoms. The molecule has 1 saturated heterocycles. The van der Waals surface area contributed by atoms with E-state index in [2.05, 4.69) is 0 Å². The molecule has 2 N–H and O–H groups in total. The number of benzene rings is 5. The Balaban J connectivity index is 1.50. The quantitative estimate of drug-likeness (QED) is 0.200. The second-order valence-corrected chi connectivity index (χ2v) is 11.1. The van der Waals surface area contributed by atoms with Crippen molar-refractivity contribution in [3.05, 3.63) is 185 Å². The lowest BCUT2D eigenvalue weighted by molar-refractivity contribution is 0.00370. The summed E-state index contributed by atoms with van der Waals surface area (Å²) in [4.78, 5) is 18.0. The van der Waals surface area contributed by atoms with Crippen molar-refractivity contribution >= 4 is 18.6 Å². The van der Waals surface area contributed by atoms with Crippen molar-refractivity contribution in [2.45, 2.75) is 11.2 Å². The van der Waals surface area contributed by atoms with Crippen LogP contribution in [0.1, 0.15) is 32.6 Å². The fourth-order valence-electron chi connectivity index (χ4n) is 6.37. The molecule has 0 spiro atoms. The standard InChI is InChI=1S/C37H25BF3NO6/c39-28-23-29(40)33(34(41)32(28)35(45)46-42-30(43)21-22-31(42)44)38-47-36(24-13-5-1-6-14-24,25-15-7-2-8-16-25)37(48-38,26-17-9-3-10-18-26)27-19-11-4-12-20-27/h1-23,43-44H. The predicted octanol–water partition coefficient (Wildman–Crippen LogP) is 6.22. The lowest BCUT2D eigenvalue weighted by Crippen LogP contribution is -2.48. The van der Waals surface area contributed by atoms with E-state index < -0.39 is 64.5 Å². The fourth-order valence-corrected chi connectivity index (χ4v) is 6.37. The highest BCUT2D eigenvalue weighted by Gasteiger charge is 2.66. The normalized spacial score (nSPS) is 14.9. The zero-order valence-electron chi connectivity index (χ0n) is 25.0. The van der Waals surface area contributed by atoms with Gasteiger partial charge < -0.3 is 24.4 Å². The minimum atomic E-state index is -1.87. The highest BCUT2D eigenvalue weighted by atomic mass is 19.1. The van der Waals surface area contributed by atoms with E-state index >= 15 is 13.2 Å². The molecule has 2 heterocycles. The molecule has 0 bridgehead atoms. The van der Waals surface area contributed by atoms with Gasteiger partial charge in [0.25, 0.3) is 0 Å². The van der Waals surface area contributed by atoms with Crippen LogP contribution >= 0.6 is 0 Å². The Hall–Kier alpha value is -5.78. The smallest absolute Gasteiger partial charge is 0.492 e. The Morgan fingerprint density at radius 3 is 1.35 bits per heavy atom. The van der Waals surface area contributed by atoms with Gasteiger partial charge in [0.05, 0.1) is 5.46 Å². The topological polar surface area (TPSA) is 90.2 Å². The third-order valence-corrected chi connectivity index (χ3v) is 8.40. The molecule has 5 aromatic carbocycles. The number of hydrogen-bond donors (Lipinski definition) is 2. The van der Waals surface area contributed by atoms with E-state index in [1.165, 1.54) is 0 Å². The molecular weight excluding hydrogens is 622 g/mol. The first-order valence-corrected chi connectivity index (χ1v) is 14.9. The van der Waals surface area contributed by atoms with E-state index in [9.17, 15) is 15.0 Å². The first-order valence-electron chi connectivity index (χ1n) is 14.9. The molecule has 0 amide bonds. The van der Waals surface area contributed by atoms with E-state index in [4.69, 9.17) is 14.1 Å². The number of carbonyl (C=O) groups is 1. The molecule has 0 atom stereocenters. The number of aromatic nitrogens is 1. The van der Waals surface area contributed by atoms with Gasteiger partial charge in [0.15, 0.2) is 0 Å². The summed E-state index contributed by atoms with van der Waals surface area (Å²) in [6, 6.07) is 38.5. The molecule has 7 nitrogen and oxygen atoms in total. The highest BCUT2D eigenvalue weighted by Crippen LogP contribution is 2.58. The second-order valence-electron chi connectivity index (χ2n) is 11.1. The first kappa shape index (κ1) is 30.9. The predicted molar refractivity (Wildman–Crippen MR) is 170 cm³/mol. The van der Waals surface area contributed by atoms with Gasteiger partial charge in [0.2, 0.25) is 11.8 Å². The number of aromatic hydroxyl groups is 2. The monoisotopic (exact) mass is 647 g/mol. The number of carbonyl (C=O) groups excluding carboxylic acids is 1. The molecule has 238 valence electrons. The van der Waals surface area contributed by atoms with Crippen LogP contribution in [0.25, 0.3) is 0 Å². The van der Waals surface area contributed by atoms with Crippen molar-refractivity contribution in [2.75, 3.05) is 0 Å². The summed E-state index contributed by atoms with van der Waals surface area (Å²) >= 11 is 0. The maximum Gasteiger partial charge on any atom is 0.502 e. The molecule has 6 aromatic rings. The van der Waals surface area contributed by atoms with Crippen LogP contribution < -0.4 is 10.3 Å². The van der Waals surface area contributed by atoms with Crippen LogP contribution in [0.3, 0.4) is 0 Å². The number of hydrogen-bond acceptors (Lipinski definition) is 6. The van der Waals surface area contributed by atoms with Gasteiger partial charge in [-0.25, -0.2) is 18.0 Å². The minimum absolute atomic E-state index is 0.262. The van der Waals surface area contributed by atoms with Gasteiger partial charge in [-0.1, -0.05) is 121 Å². The second kappa shape index (κ2) is 12.1. The molecule has 0 aliphatic carbocycles. The number of halogens is 3. The Morgan fingerprint density at radius 1 is 0.604 bits per heavy atom. The van der Waals surface area contributed by atoms with Crippen LogP contribution in [0.2, 0.25) is 0 Å². The Labute approximate surface area is 273 Å². The van der Waals surface area contributed by atoms with Gasteiger partial charge in [0, 0.05) is 18.2 Å². The van der Waals surface area contributed by atoms with Crippen molar-refractivity contribution < 1.29 is 42.3 Å². The highest BCUT2D eigenvalue weighted by molar-refractivity contribution is 6.62. The maximum absolute atomic E-state index is 16.6. The molecule has 1 aromatic heterocycles. The van der Waals surface area contributed by atoms with Gasteiger partial charge in [0.1, 0.15) is 34.2 Å². The summed E-state index contributed by atoms with van der Waals surface area (Å²) in [6.07, 6.45) is 0. The molecule has 0 radical (unpaired) electrons. The summed E-state index contributed by atoms with van der Waals surface area (Å²) in [7, 11) is -1.87. The van der Waals surface area contributed by atoms with Gasteiger partial charge in [-0.2, -0.15) is 0 Å². The Morgan fingerprint density at radius 2 is 0.979 bits per heavy atom. The third kappa shape index (κ3) is 4.74. The third-order valence-electron chi connectivity index (χ3n) is 8.40. The summed E-state index contributed by atoms with van der Waals surface area (Å²) < 4.78 is 61.7. The molecule has 1 fully saturated rings. The maximum atomic E-state index is 16.6. The van der Waals surface area contributed by atoms with E-state index in [-0.39, 0.29) is 4.73 Å². The van der Waals surface area contributed by atoms with Crippen molar-refractivity contribution in [2.24, 2.45) is 0 Å². The van der Waals surface area contributed by atoms with Gasteiger partial charge in [-0.05, 0) is 22.3 Å². The zero-order chi connectivity index (χ0) is 33.5. The number of nitrogens with zero attached hydrogens (tertiary/aromatic N) is 1. The summed E-state index contributed by atoms with van der Waals surface area (Å²) in [5, 5.41) is 19.8. The van der Waals surface area contributed by atoms with Crippen molar-refractivity contribution in [3.8, 4) is 11.8 Å². The average Bonchev–Trinajstić information content (AvgIpc) is 3.63. The van der Waals surface area contributed by atoms with Crippen LogP contribution in [-0.4, -0.2) is 28.0 Å². The minimum Gasteiger partial charge on any atom is -0.492 e. The van der Waals surface area contributed by atoms with Gasteiger partial charge in [-0.15, -0.1) is 4.73 Å². The van der Waals surface area contributed by atoms with Crippen molar-refractivity contribution in [3.63, 3.8) is 0 Å². The number of rotatable bonds is 7. The average molecular weight is 647 g/mol. The molecule has 0 saturated carbocycles. The fraction of sp³-hybridized carbons (Fsp3) is 0.0541. The molecule has 0 unspecified atom stereocenters. The Kier molecular flexibility index (Phi) is 7.78. The summed E-state index contributed by atoms with van der Waals surface area (Å²) in [5.41, 5.74) is -3.14. The summed E-state index contributed by atoms with van der Waals surface area (Å²) in [5.74, 6) is -7.74. The largest absolute Gasteiger partial charge is 0.502 e. The molecule has 7 rings (SSSR count). The van der Waals surface area contributed by atoms with E-state index in [1.54, 1.807) is 48.5 Å². The zero-order valence-corrected chi connectivity index (χ0v) is 25.0. The molecule has 48 heavy (non-hydrogen) atoms. The van der Waals surface area contributed by atoms with Crippen LogP contribution in [0, 0.1) is 17.5 Å². The SMILES string of the molecule is O=C(On1c(O)ccc1O)c1c(F)cc(F)c(B2OC(c3ccccc3)(c3ccccc3)C(c3ccccc3)(c3ccccc3)O2)c1F. The first-order chi connectivity index (χ1) is 23.3. The van der Waals surface area contributed by atoms with Crippen molar-refractivity contribution in [1.29, 1.82) is 0 Å². The lowest BCUT2D eigenvalue weighted by atomic mass is 9.66. The van der Waals surface area contributed by atoms with E-state index in [1.807, 2.05) is 72.8 Å². The van der Waals surface area contributed by atoms with Crippen LogP contribution in [-0.2, 0) is 20.5 Å².